The van der Waals surface area contributed by atoms with E-state index in [0.29, 0.717) is 19.1 Å². The highest BCUT2D eigenvalue weighted by Gasteiger charge is 2.35. The summed E-state index contributed by atoms with van der Waals surface area (Å²) in [5, 5.41) is 3.03. The highest BCUT2D eigenvalue weighted by molar-refractivity contribution is 6.05. The minimum Gasteiger partial charge on any atom is -0.380 e. The number of rotatable bonds is 6. The lowest BCUT2D eigenvalue weighted by molar-refractivity contribution is -0.137. The molecule has 0 radical (unpaired) electrons. The maximum Gasteiger partial charge on any atom is 0.246 e. The number of hydrogen-bond acceptors (Lipinski definition) is 4. The number of imide groups is 1. The molecular formula is C11H20N2O3. The standard InChI is InChI=1S/C11H20N2O3/c1-8(2)7-16-5-4-12-9-6-10(14)13(3)11(9)15/h8-9,12H,4-7H2,1-3H3. The van der Waals surface area contributed by atoms with Crippen molar-refractivity contribution < 1.29 is 14.3 Å². The Kier molecular flexibility index (Phi) is 4.89. The highest BCUT2D eigenvalue weighted by atomic mass is 16.5. The fourth-order valence-electron chi connectivity index (χ4n) is 1.54. The first-order valence-corrected chi connectivity index (χ1v) is 5.64. The predicted molar refractivity (Wildman–Crippen MR) is 59.8 cm³/mol. The Morgan fingerprint density at radius 1 is 1.50 bits per heavy atom. The molecule has 1 N–H and O–H groups in total. The van der Waals surface area contributed by atoms with E-state index in [-0.39, 0.29) is 24.3 Å². The maximum absolute atomic E-state index is 11.5. The molecule has 0 aliphatic carbocycles. The Labute approximate surface area is 96.1 Å². The number of carbonyl (C=O) groups is 2. The van der Waals surface area contributed by atoms with Crippen molar-refractivity contribution in [3.8, 4) is 0 Å². The van der Waals surface area contributed by atoms with Crippen molar-refractivity contribution in [2.45, 2.75) is 26.3 Å². The summed E-state index contributed by atoms with van der Waals surface area (Å²) in [6.07, 6.45) is 0.263. The number of nitrogens with zero attached hydrogens (tertiary/aromatic N) is 1. The average Bonchev–Trinajstić information content (AvgIpc) is 2.45. The van der Waals surface area contributed by atoms with Gasteiger partial charge in [0.2, 0.25) is 11.8 Å². The van der Waals surface area contributed by atoms with E-state index in [1.165, 1.54) is 11.9 Å². The molecule has 1 saturated heterocycles. The minimum atomic E-state index is -0.361. The minimum absolute atomic E-state index is 0.120. The van der Waals surface area contributed by atoms with Gasteiger partial charge in [0.1, 0.15) is 0 Å². The van der Waals surface area contributed by atoms with Gasteiger partial charge in [0.25, 0.3) is 0 Å². The van der Waals surface area contributed by atoms with Crippen LogP contribution in [0.5, 0.6) is 0 Å². The van der Waals surface area contributed by atoms with Crippen molar-refractivity contribution in [2.24, 2.45) is 5.92 Å². The summed E-state index contributed by atoms with van der Waals surface area (Å²) >= 11 is 0. The molecule has 5 nitrogen and oxygen atoms in total. The van der Waals surface area contributed by atoms with Crippen molar-refractivity contribution in [1.82, 2.24) is 10.2 Å². The van der Waals surface area contributed by atoms with Gasteiger partial charge in [0.15, 0.2) is 0 Å². The van der Waals surface area contributed by atoms with E-state index in [1.54, 1.807) is 0 Å². The molecule has 92 valence electrons. The summed E-state index contributed by atoms with van der Waals surface area (Å²) in [4.78, 5) is 23.9. The third-order valence-corrected chi connectivity index (χ3v) is 2.47. The highest BCUT2D eigenvalue weighted by Crippen LogP contribution is 2.09. The van der Waals surface area contributed by atoms with Crippen molar-refractivity contribution >= 4 is 11.8 Å². The zero-order valence-corrected chi connectivity index (χ0v) is 10.2. The Balaban J connectivity index is 2.15. The van der Waals surface area contributed by atoms with Gasteiger partial charge in [0, 0.05) is 20.2 Å². The first-order chi connectivity index (χ1) is 7.52. The Bertz CT molecular complexity index is 266. The van der Waals surface area contributed by atoms with Gasteiger partial charge in [-0.05, 0) is 5.92 Å². The first-order valence-electron chi connectivity index (χ1n) is 5.64. The van der Waals surface area contributed by atoms with E-state index in [1.807, 2.05) is 0 Å². The van der Waals surface area contributed by atoms with Crippen LogP contribution in [0.1, 0.15) is 20.3 Å². The zero-order chi connectivity index (χ0) is 12.1. The van der Waals surface area contributed by atoms with Gasteiger partial charge >= 0.3 is 0 Å². The molecule has 16 heavy (non-hydrogen) atoms. The Morgan fingerprint density at radius 2 is 2.19 bits per heavy atom. The lowest BCUT2D eigenvalue weighted by Gasteiger charge is -2.11. The van der Waals surface area contributed by atoms with Crippen molar-refractivity contribution in [1.29, 1.82) is 0 Å². The lowest BCUT2D eigenvalue weighted by atomic mass is 10.2. The fraction of sp³-hybridized carbons (Fsp3) is 0.818. The van der Waals surface area contributed by atoms with Crippen molar-refractivity contribution in [3.05, 3.63) is 0 Å². The molecule has 1 rings (SSSR count). The number of carbonyl (C=O) groups excluding carboxylic acids is 2. The van der Waals surface area contributed by atoms with Gasteiger partial charge in [-0.15, -0.1) is 0 Å². The lowest BCUT2D eigenvalue weighted by Crippen LogP contribution is -2.38. The summed E-state index contributed by atoms with van der Waals surface area (Å²) in [7, 11) is 1.52. The molecule has 0 spiro atoms. The molecule has 2 amide bonds. The second kappa shape index (κ2) is 5.96. The normalized spacial score (nSPS) is 21.2. The summed E-state index contributed by atoms with van der Waals surface area (Å²) in [6.45, 7) is 6.06. The molecule has 0 aromatic carbocycles. The molecule has 0 saturated carbocycles. The maximum atomic E-state index is 11.5. The van der Waals surface area contributed by atoms with Gasteiger partial charge in [-0.25, -0.2) is 0 Å². The molecule has 1 unspecified atom stereocenters. The Morgan fingerprint density at radius 3 is 2.69 bits per heavy atom. The van der Waals surface area contributed by atoms with Gasteiger partial charge in [-0.3, -0.25) is 14.5 Å². The quantitative estimate of drug-likeness (QED) is 0.514. The Hall–Kier alpha value is -0.940. The monoisotopic (exact) mass is 228 g/mol. The SMILES string of the molecule is CC(C)COCCNC1CC(=O)N(C)C1=O. The molecule has 1 aliphatic heterocycles. The predicted octanol–water partition coefficient (Wildman–Crippen LogP) is 0.00590. The van der Waals surface area contributed by atoms with Crippen LogP contribution in [0.3, 0.4) is 0 Å². The van der Waals surface area contributed by atoms with E-state index in [0.717, 1.165) is 6.61 Å². The molecule has 1 aliphatic rings. The van der Waals surface area contributed by atoms with Crippen molar-refractivity contribution in [2.75, 3.05) is 26.8 Å². The second-order valence-corrected chi connectivity index (χ2v) is 4.47. The van der Waals surface area contributed by atoms with Crippen LogP contribution in [0.2, 0.25) is 0 Å². The van der Waals surface area contributed by atoms with Crippen LogP contribution in [0, 0.1) is 5.92 Å². The van der Waals surface area contributed by atoms with Crippen LogP contribution in [-0.4, -0.2) is 49.6 Å². The molecule has 1 heterocycles. The van der Waals surface area contributed by atoms with Gasteiger partial charge < -0.3 is 10.1 Å². The number of likely N-dealkylation sites (tertiary alicyclic amines) is 1. The molecule has 0 aromatic heterocycles. The molecule has 5 heteroatoms. The third-order valence-electron chi connectivity index (χ3n) is 2.47. The van der Waals surface area contributed by atoms with E-state index in [2.05, 4.69) is 19.2 Å². The van der Waals surface area contributed by atoms with Crippen LogP contribution < -0.4 is 5.32 Å². The number of ether oxygens (including phenoxy) is 1. The number of likely N-dealkylation sites (N-methyl/N-ethyl adjacent to an activating group) is 1. The van der Waals surface area contributed by atoms with Crippen LogP contribution in [0.25, 0.3) is 0 Å². The van der Waals surface area contributed by atoms with E-state index in [4.69, 9.17) is 4.74 Å². The summed E-state index contributed by atoms with van der Waals surface area (Å²) in [6, 6.07) is -0.361. The van der Waals surface area contributed by atoms with Crippen LogP contribution >= 0.6 is 0 Å². The molecular weight excluding hydrogens is 208 g/mol. The van der Waals surface area contributed by atoms with Crippen LogP contribution in [-0.2, 0) is 14.3 Å². The van der Waals surface area contributed by atoms with Crippen LogP contribution in [0.15, 0.2) is 0 Å². The average molecular weight is 228 g/mol. The smallest absolute Gasteiger partial charge is 0.246 e. The van der Waals surface area contributed by atoms with E-state index < -0.39 is 0 Å². The van der Waals surface area contributed by atoms with Gasteiger partial charge in [-0.1, -0.05) is 13.8 Å². The molecule has 0 bridgehead atoms. The van der Waals surface area contributed by atoms with E-state index >= 15 is 0 Å². The summed E-state index contributed by atoms with van der Waals surface area (Å²) < 4.78 is 5.37. The first kappa shape index (κ1) is 13.1. The van der Waals surface area contributed by atoms with Gasteiger partial charge in [0.05, 0.1) is 19.1 Å². The topological polar surface area (TPSA) is 58.6 Å². The number of nitrogens with one attached hydrogen (secondary N) is 1. The fourth-order valence-corrected chi connectivity index (χ4v) is 1.54. The molecule has 1 fully saturated rings. The van der Waals surface area contributed by atoms with E-state index in [9.17, 15) is 9.59 Å². The summed E-state index contributed by atoms with van der Waals surface area (Å²) in [5.74, 6) is 0.250. The van der Waals surface area contributed by atoms with Crippen LogP contribution in [0.4, 0.5) is 0 Å². The second-order valence-electron chi connectivity index (χ2n) is 4.47. The van der Waals surface area contributed by atoms with Gasteiger partial charge in [-0.2, -0.15) is 0 Å². The zero-order valence-electron chi connectivity index (χ0n) is 10.2. The summed E-state index contributed by atoms with van der Waals surface area (Å²) in [5.41, 5.74) is 0. The number of amides is 2. The number of hydrogen-bond donors (Lipinski definition) is 1. The van der Waals surface area contributed by atoms with Crippen molar-refractivity contribution in [3.63, 3.8) is 0 Å². The largest absolute Gasteiger partial charge is 0.380 e. The molecule has 0 aromatic rings. The molecule has 1 atom stereocenters. The third kappa shape index (κ3) is 3.57.